The largest absolute Gasteiger partial charge is 0.491 e. The molecule has 1 heterocycles. The number of para-hydroxylation sites is 2. The van der Waals surface area contributed by atoms with E-state index in [4.69, 9.17) is 4.74 Å². The molecule has 1 aliphatic rings. The Balaban J connectivity index is 1.77. The molecule has 0 spiro atoms. The van der Waals surface area contributed by atoms with Crippen molar-refractivity contribution in [2.75, 3.05) is 16.6 Å². The van der Waals surface area contributed by atoms with E-state index in [9.17, 15) is 13.5 Å². The van der Waals surface area contributed by atoms with E-state index in [1.54, 1.807) is 42.5 Å². The van der Waals surface area contributed by atoms with E-state index in [2.05, 4.69) is 30.8 Å². The van der Waals surface area contributed by atoms with Gasteiger partial charge in [-0.25, -0.2) is 8.42 Å². The van der Waals surface area contributed by atoms with Crippen LogP contribution in [0.15, 0.2) is 53.4 Å². The highest BCUT2D eigenvalue weighted by atomic mass is 32.2. The van der Waals surface area contributed by atoms with Gasteiger partial charge in [-0.2, -0.15) is 0 Å². The average Bonchev–Trinajstić information content (AvgIpc) is 2.68. The van der Waals surface area contributed by atoms with Crippen LogP contribution in [0.5, 0.6) is 5.75 Å². The molecule has 0 bridgehead atoms. The summed E-state index contributed by atoms with van der Waals surface area (Å²) < 4.78 is 34.4. The zero-order valence-corrected chi connectivity index (χ0v) is 17.8. The third-order valence-electron chi connectivity index (χ3n) is 5.22. The van der Waals surface area contributed by atoms with Gasteiger partial charge >= 0.3 is 0 Å². The molecule has 2 aromatic rings. The quantitative estimate of drug-likeness (QED) is 0.592. The second-order valence-electron chi connectivity index (χ2n) is 7.92. The van der Waals surface area contributed by atoms with Crippen LogP contribution in [0.1, 0.15) is 39.2 Å². The number of aliphatic hydroxyl groups is 1. The third-order valence-corrected chi connectivity index (χ3v) is 6.58. The molecular weight excluding hydrogens is 388 g/mol. The summed E-state index contributed by atoms with van der Waals surface area (Å²) in [7, 11) is -3.80. The number of sulfonamides is 1. The van der Waals surface area contributed by atoms with Crippen molar-refractivity contribution in [2.45, 2.75) is 44.7 Å². The molecule has 3 rings (SSSR count). The van der Waals surface area contributed by atoms with Gasteiger partial charge in [-0.15, -0.1) is 0 Å². The Morgan fingerprint density at radius 2 is 1.97 bits per heavy atom. The Labute approximate surface area is 172 Å². The molecule has 0 aliphatic carbocycles. The highest BCUT2D eigenvalue weighted by molar-refractivity contribution is 7.92. The lowest BCUT2D eigenvalue weighted by molar-refractivity contribution is 0.223. The fourth-order valence-electron chi connectivity index (χ4n) is 2.87. The molecule has 0 aromatic heterocycles. The van der Waals surface area contributed by atoms with Gasteiger partial charge < -0.3 is 15.2 Å². The third kappa shape index (κ3) is 5.31. The lowest BCUT2D eigenvalue weighted by Crippen LogP contribution is -2.20. The van der Waals surface area contributed by atoms with E-state index < -0.39 is 16.3 Å². The van der Waals surface area contributed by atoms with Gasteiger partial charge in [0.25, 0.3) is 10.0 Å². The van der Waals surface area contributed by atoms with E-state index >= 15 is 0 Å². The number of benzene rings is 2. The first kappa shape index (κ1) is 21.2. The van der Waals surface area contributed by atoms with Crippen LogP contribution >= 0.6 is 0 Å². The molecule has 0 radical (unpaired) electrons. The highest BCUT2D eigenvalue weighted by Crippen LogP contribution is 2.31. The smallest absolute Gasteiger partial charge is 0.262 e. The number of aliphatic hydroxyl groups excluding tert-OH is 1. The predicted molar refractivity (Wildman–Crippen MR) is 117 cm³/mol. The molecule has 7 heteroatoms. The average molecular weight is 417 g/mol. The summed E-state index contributed by atoms with van der Waals surface area (Å²) in [5.41, 5.74) is 1.96. The second-order valence-corrected chi connectivity index (χ2v) is 9.60. The molecule has 3 N–H and O–H groups in total. The molecule has 0 saturated heterocycles. The Kier molecular flexibility index (Phi) is 6.19. The van der Waals surface area contributed by atoms with Gasteiger partial charge in [-0.05, 0) is 53.8 Å². The highest BCUT2D eigenvalue weighted by Gasteiger charge is 2.20. The van der Waals surface area contributed by atoms with Gasteiger partial charge in [0.1, 0.15) is 12.0 Å². The molecule has 1 unspecified atom stereocenters. The van der Waals surface area contributed by atoms with Crippen molar-refractivity contribution in [1.82, 2.24) is 0 Å². The van der Waals surface area contributed by atoms with Crippen LogP contribution < -0.4 is 14.8 Å². The normalized spacial score (nSPS) is 16.1. The standard InChI is InChI=1S/C22H28N2O4S/c1-4-22(2,3)13-14-28-20-8-6-5-7-19(20)24-29(26,27)17-10-11-18-16(15-17)9-12-21(25)23-18/h5-12,15,21,23-25H,4,13-14H2,1-3H3. The van der Waals surface area contributed by atoms with Crippen molar-refractivity contribution in [2.24, 2.45) is 5.41 Å². The van der Waals surface area contributed by atoms with Gasteiger partial charge in [0, 0.05) is 5.69 Å². The van der Waals surface area contributed by atoms with Crippen molar-refractivity contribution < 1.29 is 18.3 Å². The fraction of sp³-hybridized carbons (Fsp3) is 0.364. The molecular formula is C22H28N2O4S. The minimum Gasteiger partial charge on any atom is -0.491 e. The van der Waals surface area contributed by atoms with Crippen LogP contribution in [0, 0.1) is 5.41 Å². The Bertz CT molecular complexity index is 1000. The maximum absolute atomic E-state index is 12.9. The molecule has 6 nitrogen and oxygen atoms in total. The van der Waals surface area contributed by atoms with E-state index in [-0.39, 0.29) is 10.3 Å². The number of hydrogen-bond donors (Lipinski definition) is 3. The number of hydrogen-bond acceptors (Lipinski definition) is 5. The summed E-state index contributed by atoms with van der Waals surface area (Å²) in [6, 6.07) is 11.8. The fourth-order valence-corrected chi connectivity index (χ4v) is 3.98. The molecule has 1 aliphatic heterocycles. The first-order chi connectivity index (χ1) is 13.7. The maximum atomic E-state index is 12.9. The van der Waals surface area contributed by atoms with Crippen molar-refractivity contribution in [3.8, 4) is 5.75 Å². The number of rotatable bonds is 8. The topological polar surface area (TPSA) is 87.7 Å². The van der Waals surface area contributed by atoms with Crippen LogP contribution in [0.4, 0.5) is 11.4 Å². The molecule has 1 atom stereocenters. The van der Waals surface area contributed by atoms with Crippen molar-refractivity contribution in [3.63, 3.8) is 0 Å². The summed E-state index contributed by atoms with van der Waals surface area (Å²) in [5.74, 6) is 0.505. The van der Waals surface area contributed by atoms with Crippen molar-refractivity contribution in [1.29, 1.82) is 0 Å². The first-order valence-corrected chi connectivity index (χ1v) is 11.2. The second kappa shape index (κ2) is 8.47. The number of nitrogens with one attached hydrogen (secondary N) is 2. The molecule has 156 valence electrons. The Hall–Kier alpha value is -2.51. The molecule has 0 fully saturated rings. The summed E-state index contributed by atoms with van der Waals surface area (Å²) in [6.07, 6.45) is 4.41. The van der Waals surface area contributed by atoms with Gasteiger partial charge in [0.05, 0.1) is 17.2 Å². The van der Waals surface area contributed by atoms with Gasteiger partial charge in [0.2, 0.25) is 0 Å². The molecule has 2 aromatic carbocycles. The first-order valence-electron chi connectivity index (χ1n) is 9.72. The van der Waals surface area contributed by atoms with E-state index in [1.165, 1.54) is 6.07 Å². The Morgan fingerprint density at radius 1 is 1.21 bits per heavy atom. The van der Waals surface area contributed by atoms with E-state index in [1.807, 2.05) is 6.07 Å². The lowest BCUT2D eigenvalue weighted by Gasteiger charge is -2.23. The van der Waals surface area contributed by atoms with Crippen LogP contribution in [0.2, 0.25) is 0 Å². The van der Waals surface area contributed by atoms with Gasteiger partial charge in [0.15, 0.2) is 0 Å². The van der Waals surface area contributed by atoms with Gasteiger partial charge in [-0.3, -0.25) is 4.72 Å². The molecule has 0 amide bonds. The molecule has 0 saturated carbocycles. The molecule has 29 heavy (non-hydrogen) atoms. The maximum Gasteiger partial charge on any atom is 0.262 e. The van der Waals surface area contributed by atoms with Gasteiger partial charge in [-0.1, -0.05) is 45.4 Å². The van der Waals surface area contributed by atoms with Crippen molar-refractivity contribution >= 4 is 27.5 Å². The number of anilines is 2. The monoisotopic (exact) mass is 416 g/mol. The lowest BCUT2D eigenvalue weighted by atomic mass is 9.87. The van der Waals surface area contributed by atoms with Crippen LogP contribution in [0.3, 0.4) is 0 Å². The minimum atomic E-state index is -3.80. The zero-order chi connectivity index (χ0) is 21.1. The summed E-state index contributed by atoms with van der Waals surface area (Å²) in [5, 5.41) is 12.5. The summed E-state index contributed by atoms with van der Waals surface area (Å²) in [6.45, 7) is 7.02. The van der Waals surface area contributed by atoms with E-state index in [0.717, 1.165) is 12.8 Å². The summed E-state index contributed by atoms with van der Waals surface area (Å²) >= 11 is 0. The predicted octanol–water partition coefficient (Wildman–Crippen LogP) is 4.45. The minimum absolute atomic E-state index is 0.140. The number of ether oxygens (including phenoxy) is 1. The Morgan fingerprint density at radius 3 is 2.72 bits per heavy atom. The van der Waals surface area contributed by atoms with Crippen LogP contribution in [-0.2, 0) is 10.0 Å². The van der Waals surface area contributed by atoms with Crippen LogP contribution in [0.25, 0.3) is 6.08 Å². The summed E-state index contributed by atoms with van der Waals surface area (Å²) in [4.78, 5) is 0.140. The van der Waals surface area contributed by atoms with Crippen LogP contribution in [-0.4, -0.2) is 26.4 Å². The van der Waals surface area contributed by atoms with Crippen molar-refractivity contribution in [3.05, 3.63) is 54.1 Å². The zero-order valence-electron chi connectivity index (χ0n) is 17.0. The number of fused-ring (bicyclic) bond motifs is 1. The van der Waals surface area contributed by atoms with E-state index in [0.29, 0.717) is 29.3 Å². The SMILES string of the molecule is CCC(C)(C)CCOc1ccccc1NS(=O)(=O)c1ccc2c(c1)C=CC(O)N2.